The Labute approximate surface area is 65.8 Å². The molecular weight excluding hydrogens is 148 g/mol. The minimum Gasteiger partial charge on any atom is -0.391 e. The monoisotopic (exact) mass is 162 g/mol. The summed E-state index contributed by atoms with van der Waals surface area (Å²) in [5.74, 6) is 0. The molecule has 0 saturated carbocycles. The summed E-state index contributed by atoms with van der Waals surface area (Å²) in [4.78, 5) is 10.0. The standard InChI is InChI=1S/C7H14O4/c1-5(9)7(10)6(11-2)3-4-8/h4-7,9-10H,3H2,1-2H3/t5-,6+,7-/m0/s1. The number of rotatable bonds is 5. The zero-order valence-electron chi connectivity index (χ0n) is 6.73. The molecule has 3 atom stereocenters. The zero-order valence-corrected chi connectivity index (χ0v) is 6.73. The quantitative estimate of drug-likeness (QED) is 0.526. The molecule has 0 spiro atoms. The van der Waals surface area contributed by atoms with Crippen molar-refractivity contribution in [3.8, 4) is 0 Å². The van der Waals surface area contributed by atoms with E-state index in [1.54, 1.807) is 0 Å². The second-order valence-electron chi connectivity index (χ2n) is 2.41. The van der Waals surface area contributed by atoms with Crippen LogP contribution in [0.2, 0.25) is 0 Å². The van der Waals surface area contributed by atoms with Crippen LogP contribution in [0.4, 0.5) is 0 Å². The Hall–Kier alpha value is -0.450. The second-order valence-corrected chi connectivity index (χ2v) is 2.41. The van der Waals surface area contributed by atoms with Crippen LogP contribution in [0.5, 0.6) is 0 Å². The minimum atomic E-state index is -0.995. The van der Waals surface area contributed by atoms with Crippen LogP contribution < -0.4 is 0 Å². The zero-order chi connectivity index (χ0) is 8.85. The maximum Gasteiger partial charge on any atom is 0.122 e. The molecule has 0 aliphatic carbocycles. The highest BCUT2D eigenvalue weighted by atomic mass is 16.5. The Morgan fingerprint density at radius 1 is 1.55 bits per heavy atom. The van der Waals surface area contributed by atoms with Crippen molar-refractivity contribution in [2.24, 2.45) is 0 Å². The van der Waals surface area contributed by atoms with E-state index in [9.17, 15) is 9.90 Å². The molecule has 0 bridgehead atoms. The normalized spacial score (nSPS) is 18.9. The lowest BCUT2D eigenvalue weighted by Crippen LogP contribution is -2.37. The molecule has 0 aromatic rings. The molecule has 0 saturated heterocycles. The lowest BCUT2D eigenvalue weighted by Gasteiger charge is -2.21. The molecule has 0 aromatic carbocycles. The van der Waals surface area contributed by atoms with Crippen LogP contribution >= 0.6 is 0 Å². The summed E-state index contributed by atoms with van der Waals surface area (Å²) in [5.41, 5.74) is 0. The van der Waals surface area contributed by atoms with E-state index < -0.39 is 18.3 Å². The smallest absolute Gasteiger partial charge is 0.122 e. The lowest BCUT2D eigenvalue weighted by molar-refractivity contribution is -0.115. The molecule has 0 heterocycles. The van der Waals surface area contributed by atoms with Gasteiger partial charge < -0.3 is 19.7 Å². The van der Waals surface area contributed by atoms with E-state index in [-0.39, 0.29) is 6.42 Å². The Kier molecular flexibility index (Phi) is 5.02. The first-order chi connectivity index (χ1) is 5.13. The minimum absolute atomic E-state index is 0.0998. The number of carbonyl (C=O) groups excluding carboxylic acids is 1. The molecular formula is C7H14O4. The van der Waals surface area contributed by atoms with Gasteiger partial charge in [-0.1, -0.05) is 0 Å². The van der Waals surface area contributed by atoms with E-state index in [0.29, 0.717) is 6.29 Å². The van der Waals surface area contributed by atoms with Gasteiger partial charge in [0.05, 0.1) is 12.2 Å². The maximum absolute atomic E-state index is 10.0. The highest BCUT2D eigenvalue weighted by molar-refractivity contribution is 5.50. The SMILES string of the molecule is CO[C@H](CC=O)[C@@H](O)[C@H](C)O. The van der Waals surface area contributed by atoms with Crippen LogP contribution in [0.15, 0.2) is 0 Å². The number of aliphatic hydroxyl groups is 2. The lowest BCUT2D eigenvalue weighted by atomic mass is 10.1. The Bertz CT molecular complexity index is 113. The average molecular weight is 162 g/mol. The second kappa shape index (κ2) is 5.23. The van der Waals surface area contributed by atoms with Gasteiger partial charge in [0.15, 0.2) is 0 Å². The average Bonchev–Trinajstić information content (AvgIpc) is 1.98. The molecule has 0 aliphatic heterocycles. The first-order valence-electron chi connectivity index (χ1n) is 3.46. The number of ether oxygens (including phenoxy) is 1. The number of aldehydes is 1. The number of hydrogen-bond acceptors (Lipinski definition) is 4. The molecule has 0 unspecified atom stereocenters. The van der Waals surface area contributed by atoms with Crippen LogP contribution in [0.25, 0.3) is 0 Å². The van der Waals surface area contributed by atoms with Crippen molar-refractivity contribution < 1.29 is 19.7 Å². The summed E-state index contributed by atoms with van der Waals surface area (Å²) >= 11 is 0. The van der Waals surface area contributed by atoms with Gasteiger partial charge in [0.2, 0.25) is 0 Å². The fourth-order valence-corrected chi connectivity index (χ4v) is 0.781. The topological polar surface area (TPSA) is 66.8 Å². The van der Waals surface area contributed by atoms with Crippen LogP contribution in [0, 0.1) is 0 Å². The third-order valence-corrected chi connectivity index (χ3v) is 1.51. The molecule has 0 fully saturated rings. The van der Waals surface area contributed by atoms with E-state index in [2.05, 4.69) is 0 Å². The van der Waals surface area contributed by atoms with E-state index in [0.717, 1.165) is 0 Å². The Balaban J connectivity index is 3.90. The number of carbonyl (C=O) groups is 1. The van der Waals surface area contributed by atoms with Gasteiger partial charge in [0.25, 0.3) is 0 Å². The van der Waals surface area contributed by atoms with Crippen LogP contribution in [-0.2, 0) is 9.53 Å². The van der Waals surface area contributed by atoms with Gasteiger partial charge in [-0.3, -0.25) is 0 Å². The molecule has 0 radical (unpaired) electrons. The molecule has 4 heteroatoms. The van der Waals surface area contributed by atoms with Crippen molar-refractivity contribution in [1.82, 2.24) is 0 Å². The van der Waals surface area contributed by atoms with Crippen molar-refractivity contribution in [3.05, 3.63) is 0 Å². The van der Waals surface area contributed by atoms with Gasteiger partial charge in [-0.15, -0.1) is 0 Å². The first-order valence-corrected chi connectivity index (χ1v) is 3.46. The number of aliphatic hydroxyl groups excluding tert-OH is 2. The molecule has 0 aliphatic rings. The van der Waals surface area contributed by atoms with E-state index in [4.69, 9.17) is 9.84 Å². The molecule has 11 heavy (non-hydrogen) atoms. The van der Waals surface area contributed by atoms with Crippen LogP contribution in [0.3, 0.4) is 0 Å². The van der Waals surface area contributed by atoms with Crippen molar-refractivity contribution in [2.45, 2.75) is 31.7 Å². The summed E-state index contributed by atoms with van der Waals surface area (Å²) in [6, 6.07) is 0. The third kappa shape index (κ3) is 3.46. The largest absolute Gasteiger partial charge is 0.391 e. The molecule has 0 aromatic heterocycles. The fraction of sp³-hybridized carbons (Fsp3) is 0.857. The molecule has 4 nitrogen and oxygen atoms in total. The van der Waals surface area contributed by atoms with Crippen molar-refractivity contribution in [1.29, 1.82) is 0 Å². The van der Waals surface area contributed by atoms with Gasteiger partial charge in [-0.05, 0) is 6.92 Å². The van der Waals surface area contributed by atoms with Crippen molar-refractivity contribution in [2.75, 3.05) is 7.11 Å². The van der Waals surface area contributed by atoms with E-state index in [1.807, 2.05) is 0 Å². The van der Waals surface area contributed by atoms with Gasteiger partial charge in [0, 0.05) is 13.5 Å². The van der Waals surface area contributed by atoms with Gasteiger partial charge in [-0.2, -0.15) is 0 Å². The van der Waals surface area contributed by atoms with Gasteiger partial charge in [0.1, 0.15) is 12.4 Å². The fourth-order valence-electron chi connectivity index (χ4n) is 0.781. The van der Waals surface area contributed by atoms with Crippen molar-refractivity contribution in [3.63, 3.8) is 0 Å². The number of hydrogen-bond donors (Lipinski definition) is 2. The van der Waals surface area contributed by atoms with Crippen LogP contribution in [0.1, 0.15) is 13.3 Å². The third-order valence-electron chi connectivity index (χ3n) is 1.51. The molecule has 66 valence electrons. The Morgan fingerprint density at radius 3 is 2.36 bits per heavy atom. The Morgan fingerprint density at radius 2 is 2.09 bits per heavy atom. The van der Waals surface area contributed by atoms with E-state index >= 15 is 0 Å². The first kappa shape index (κ1) is 10.6. The van der Waals surface area contributed by atoms with Gasteiger partial charge >= 0.3 is 0 Å². The summed E-state index contributed by atoms with van der Waals surface area (Å²) in [7, 11) is 1.39. The summed E-state index contributed by atoms with van der Waals surface area (Å²) in [6.07, 6.45) is -1.72. The maximum atomic E-state index is 10.0. The molecule has 0 amide bonds. The summed E-state index contributed by atoms with van der Waals surface area (Å²) < 4.78 is 4.77. The predicted molar refractivity (Wildman–Crippen MR) is 39.2 cm³/mol. The highest BCUT2D eigenvalue weighted by Crippen LogP contribution is 2.05. The summed E-state index contributed by atoms with van der Waals surface area (Å²) in [6.45, 7) is 1.45. The summed E-state index contributed by atoms with van der Waals surface area (Å²) in [5, 5.41) is 18.1. The molecule has 2 N–H and O–H groups in total. The predicted octanol–water partition coefficient (Wildman–Crippen LogP) is -0.668. The highest BCUT2D eigenvalue weighted by Gasteiger charge is 2.22. The van der Waals surface area contributed by atoms with Gasteiger partial charge in [-0.25, -0.2) is 0 Å². The molecule has 0 rings (SSSR count). The van der Waals surface area contributed by atoms with E-state index in [1.165, 1.54) is 14.0 Å². The van der Waals surface area contributed by atoms with Crippen molar-refractivity contribution >= 4 is 6.29 Å². The number of methoxy groups -OCH3 is 1. The van der Waals surface area contributed by atoms with Crippen LogP contribution in [-0.4, -0.2) is 41.9 Å².